The highest BCUT2D eigenvalue weighted by atomic mass is 19.4. The van der Waals surface area contributed by atoms with Gasteiger partial charge >= 0.3 is 6.18 Å². The Hall–Kier alpha value is -4.17. The number of anilines is 1. The Morgan fingerprint density at radius 2 is 1.95 bits per heavy atom. The molecule has 11 heteroatoms. The highest BCUT2D eigenvalue weighted by Crippen LogP contribution is 2.52. The second-order valence-corrected chi connectivity index (χ2v) is 12.1. The van der Waals surface area contributed by atoms with Crippen LogP contribution in [0.4, 0.5) is 18.9 Å². The molecule has 2 aliphatic heterocycles. The summed E-state index contributed by atoms with van der Waals surface area (Å²) in [5.41, 5.74) is 0.963. The van der Waals surface area contributed by atoms with E-state index in [0.717, 1.165) is 24.2 Å². The van der Waals surface area contributed by atoms with Crippen LogP contribution in [0.2, 0.25) is 0 Å². The monoisotopic (exact) mass is 590 g/mol. The van der Waals surface area contributed by atoms with E-state index in [1.807, 2.05) is 34.7 Å². The molecule has 0 radical (unpaired) electrons. The molecule has 1 N–H and O–H groups in total. The first kappa shape index (κ1) is 28.9. The average molecular weight is 591 g/mol. The Labute approximate surface area is 248 Å². The van der Waals surface area contributed by atoms with E-state index in [1.54, 1.807) is 25.4 Å². The van der Waals surface area contributed by atoms with Gasteiger partial charge in [-0.2, -0.15) is 13.2 Å². The maximum absolute atomic E-state index is 14.3. The lowest BCUT2D eigenvalue weighted by Gasteiger charge is -2.46. The van der Waals surface area contributed by atoms with Gasteiger partial charge < -0.3 is 14.8 Å². The first-order valence-corrected chi connectivity index (χ1v) is 14.4. The maximum atomic E-state index is 14.3. The summed E-state index contributed by atoms with van der Waals surface area (Å²) >= 11 is 0. The van der Waals surface area contributed by atoms with Crippen molar-refractivity contribution in [2.24, 2.45) is 18.9 Å². The van der Waals surface area contributed by atoms with E-state index in [0.29, 0.717) is 36.8 Å². The number of rotatable bonds is 7. The van der Waals surface area contributed by atoms with E-state index in [9.17, 15) is 22.8 Å². The van der Waals surface area contributed by atoms with Gasteiger partial charge in [-0.3, -0.25) is 14.5 Å². The molecule has 2 aromatic carbocycles. The van der Waals surface area contributed by atoms with Crippen molar-refractivity contribution in [3.05, 3.63) is 76.4 Å². The molecule has 2 amide bonds. The Kier molecular flexibility index (Phi) is 7.29. The SMILES string of the molecule is CC#CC(=O)NCC1CN(Cc2cc3c(c(C(F)(F)F)c2)CN(c2cccc(C4(c5nncn5C)CC(C)C4)c2)C3=O)C1. The van der Waals surface area contributed by atoms with Crippen LogP contribution >= 0.6 is 0 Å². The number of nitrogens with zero attached hydrogens (tertiary/aromatic N) is 5. The van der Waals surface area contributed by atoms with Gasteiger partial charge in [-0.05, 0) is 72.6 Å². The lowest BCUT2D eigenvalue weighted by molar-refractivity contribution is -0.138. The molecular weight excluding hydrogens is 557 g/mol. The molecule has 1 aliphatic carbocycles. The highest BCUT2D eigenvalue weighted by molar-refractivity contribution is 6.10. The van der Waals surface area contributed by atoms with Gasteiger partial charge in [-0.25, -0.2) is 0 Å². The standard InChI is InChI=1S/C32H33F3N6O2/c1-4-6-28(42)36-14-22-16-40(17-22)15-21-9-25-26(27(10-21)32(33,34)35)18-41(29(25)43)24-8-5-7-23(11-24)31(12-20(2)13-31)30-38-37-19-39(30)3/h5,7-11,19-20,22H,12-18H2,1-3H3,(H,36,42). The van der Waals surface area contributed by atoms with Gasteiger partial charge in [0, 0.05) is 50.4 Å². The second kappa shape index (κ2) is 10.8. The van der Waals surface area contributed by atoms with Crippen molar-refractivity contribution in [1.29, 1.82) is 0 Å². The maximum Gasteiger partial charge on any atom is 0.416 e. The number of aromatic nitrogens is 3. The molecule has 2 fully saturated rings. The quantitative estimate of drug-likeness (QED) is 0.416. The first-order valence-electron chi connectivity index (χ1n) is 14.4. The molecule has 1 saturated heterocycles. The van der Waals surface area contributed by atoms with Crippen molar-refractivity contribution in [2.45, 2.75) is 51.4 Å². The van der Waals surface area contributed by atoms with Gasteiger partial charge in [0.15, 0.2) is 0 Å². The Morgan fingerprint density at radius 3 is 2.60 bits per heavy atom. The predicted molar refractivity (Wildman–Crippen MR) is 154 cm³/mol. The van der Waals surface area contributed by atoms with E-state index in [4.69, 9.17) is 0 Å². The van der Waals surface area contributed by atoms with Crippen molar-refractivity contribution >= 4 is 17.5 Å². The molecule has 8 nitrogen and oxygen atoms in total. The largest absolute Gasteiger partial charge is 0.416 e. The molecule has 0 bridgehead atoms. The minimum Gasteiger partial charge on any atom is -0.345 e. The van der Waals surface area contributed by atoms with E-state index >= 15 is 0 Å². The van der Waals surface area contributed by atoms with Crippen molar-refractivity contribution in [3.63, 3.8) is 0 Å². The molecule has 6 rings (SSSR count). The number of likely N-dealkylation sites (tertiary alicyclic amines) is 1. The third-order valence-electron chi connectivity index (χ3n) is 8.88. The van der Waals surface area contributed by atoms with Crippen molar-refractivity contribution in [3.8, 4) is 11.8 Å². The molecule has 3 aliphatic rings. The molecule has 43 heavy (non-hydrogen) atoms. The lowest BCUT2D eigenvalue weighted by atomic mass is 9.58. The number of fused-ring (bicyclic) bond motifs is 1. The van der Waals surface area contributed by atoms with E-state index in [1.165, 1.54) is 11.0 Å². The number of alkyl halides is 3. The molecule has 3 aromatic rings. The highest BCUT2D eigenvalue weighted by Gasteiger charge is 2.48. The summed E-state index contributed by atoms with van der Waals surface area (Å²) in [6.07, 6.45) is -1.19. The normalized spacial score (nSPS) is 22.0. The van der Waals surface area contributed by atoms with Crippen LogP contribution in [0.15, 0.2) is 42.7 Å². The van der Waals surface area contributed by atoms with Crippen LogP contribution in [0.5, 0.6) is 0 Å². The third-order valence-corrected chi connectivity index (χ3v) is 8.88. The smallest absolute Gasteiger partial charge is 0.345 e. The van der Waals surface area contributed by atoms with Crippen LogP contribution in [-0.2, 0) is 36.5 Å². The van der Waals surface area contributed by atoms with Gasteiger partial charge in [0.05, 0.1) is 17.5 Å². The second-order valence-electron chi connectivity index (χ2n) is 12.1. The fourth-order valence-corrected chi connectivity index (χ4v) is 6.97. The zero-order valence-electron chi connectivity index (χ0n) is 24.3. The fourth-order valence-electron chi connectivity index (χ4n) is 6.97. The first-order chi connectivity index (χ1) is 20.5. The molecule has 0 atom stereocenters. The van der Waals surface area contributed by atoms with Crippen LogP contribution in [0.25, 0.3) is 0 Å². The van der Waals surface area contributed by atoms with E-state index in [2.05, 4.69) is 34.3 Å². The van der Waals surface area contributed by atoms with Gasteiger partial charge in [0.1, 0.15) is 12.2 Å². The third kappa shape index (κ3) is 5.29. The average Bonchev–Trinajstić information content (AvgIpc) is 3.50. The summed E-state index contributed by atoms with van der Waals surface area (Å²) < 4.78 is 44.8. The van der Waals surface area contributed by atoms with E-state index < -0.39 is 17.6 Å². The number of benzene rings is 2. The summed E-state index contributed by atoms with van der Waals surface area (Å²) in [6, 6.07) is 10.3. The number of halogens is 3. The molecule has 3 heterocycles. The van der Waals surface area contributed by atoms with Crippen molar-refractivity contribution in [1.82, 2.24) is 25.0 Å². The van der Waals surface area contributed by atoms with Crippen LogP contribution in [0.1, 0.15) is 65.1 Å². The lowest BCUT2D eigenvalue weighted by Crippen LogP contribution is -2.50. The summed E-state index contributed by atoms with van der Waals surface area (Å²) in [4.78, 5) is 28.7. The fraction of sp³-hybridized carbons (Fsp3) is 0.438. The Morgan fingerprint density at radius 1 is 1.19 bits per heavy atom. The zero-order valence-corrected chi connectivity index (χ0v) is 24.3. The number of hydrogen-bond acceptors (Lipinski definition) is 5. The number of nitrogens with one attached hydrogen (secondary N) is 1. The van der Waals surface area contributed by atoms with Gasteiger partial charge in [0.2, 0.25) is 0 Å². The predicted octanol–water partition coefficient (Wildman–Crippen LogP) is 4.28. The minimum absolute atomic E-state index is 0.00756. The summed E-state index contributed by atoms with van der Waals surface area (Å²) in [7, 11) is 1.90. The molecule has 0 spiro atoms. The molecule has 1 saturated carbocycles. The van der Waals surface area contributed by atoms with Crippen LogP contribution < -0.4 is 10.2 Å². The van der Waals surface area contributed by atoms with E-state index in [-0.39, 0.29) is 41.5 Å². The number of aryl methyl sites for hydroxylation is 1. The van der Waals surface area contributed by atoms with Gasteiger partial charge in [-0.1, -0.05) is 25.0 Å². The Balaban J connectivity index is 1.23. The number of carbonyl (C=O) groups is 2. The number of carbonyl (C=O) groups excluding carboxylic acids is 2. The van der Waals surface area contributed by atoms with Gasteiger partial charge in [0.25, 0.3) is 11.8 Å². The van der Waals surface area contributed by atoms with Crippen molar-refractivity contribution < 1.29 is 22.8 Å². The molecule has 0 unspecified atom stereocenters. The zero-order chi connectivity index (χ0) is 30.5. The van der Waals surface area contributed by atoms with Gasteiger partial charge in [-0.15, -0.1) is 10.2 Å². The summed E-state index contributed by atoms with van der Waals surface area (Å²) in [5.74, 6) is 5.73. The molecule has 224 valence electrons. The van der Waals surface area contributed by atoms with Crippen LogP contribution in [0, 0.1) is 23.7 Å². The number of amides is 2. The van der Waals surface area contributed by atoms with Crippen molar-refractivity contribution in [2.75, 3.05) is 24.5 Å². The van der Waals surface area contributed by atoms with Crippen LogP contribution in [0.3, 0.4) is 0 Å². The summed E-state index contributed by atoms with van der Waals surface area (Å²) in [6.45, 7) is 5.64. The molecular formula is C32H33F3N6O2. The number of hydrogen-bond donors (Lipinski definition) is 1. The summed E-state index contributed by atoms with van der Waals surface area (Å²) in [5, 5.41) is 11.2. The topological polar surface area (TPSA) is 83.4 Å². The molecule has 1 aromatic heterocycles. The Bertz CT molecular complexity index is 1640. The van der Waals surface area contributed by atoms with Crippen LogP contribution in [-0.4, -0.2) is 51.1 Å². The minimum atomic E-state index is -4.60.